The number of halogens is 1. The van der Waals surface area contributed by atoms with Crippen LogP contribution in [0.4, 0.5) is 0 Å². The molecule has 0 radical (unpaired) electrons. The lowest BCUT2D eigenvalue weighted by molar-refractivity contribution is -0.112. The maximum Gasteiger partial charge on any atom is 0.145 e. The Morgan fingerprint density at radius 3 is 3.00 bits per heavy atom. The number of carbonyl (C=O) groups excluding carboxylic acids is 1. The van der Waals surface area contributed by atoms with Crippen LogP contribution in [0.15, 0.2) is 28.7 Å². The van der Waals surface area contributed by atoms with Crippen molar-refractivity contribution in [2.24, 2.45) is 0 Å². The number of aldehydes is 1. The van der Waals surface area contributed by atoms with Crippen LogP contribution in [0.5, 0.6) is 0 Å². The topological polar surface area (TPSA) is 26.3 Å². The van der Waals surface area contributed by atoms with Crippen molar-refractivity contribution in [3.05, 3.63) is 34.3 Å². The number of ether oxygens (including phenoxy) is 1. The van der Waals surface area contributed by atoms with Gasteiger partial charge < -0.3 is 9.53 Å². The summed E-state index contributed by atoms with van der Waals surface area (Å²) >= 11 is 3.35. The first-order valence-corrected chi connectivity index (χ1v) is 4.38. The predicted molar refractivity (Wildman–Crippen MR) is 49.9 cm³/mol. The third-order valence-corrected chi connectivity index (χ3v) is 1.84. The summed E-state index contributed by atoms with van der Waals surface area (Å²) in [4.78, 5) is 9.93. The van der Waals surface area contributed by atoms with Gasteiger partial charge in [0.2, 0.25) is 0 Å². The lowest BCUT2D eigenvalue weighted by Gasteiger charge is -2.00. The molecule has 1 aromatic rings. The zero-order chi connectivity index (χ0) is 8.81. The van der Waals surface area contributed by atoms with Crippen LogP contribution in [0.1, 0.15) is 5.56 Å². The van der Waals surface area contributed by atoms with Crippen molar-refractivity contribution in [1.82, 2.24) is 0 Å². The Bertz CT molecular complexity index is 260. The zero-order valence-electron chi connectivity index (χ0n) is 6.50. The highest BCUT2D eigenvalue weighted by Crippen LogP contribution is 2.11. The lowest BCUT2D eigenvalue weighted by Crippen LogP contribution is -1.95. The van der Waals surface area contributed by atoms with Gasteiger partial charge in [0.25, 0.3) is 0 Å². The number of rotatable bonds is 4. The molecule has 0 unspecified atom stereocenters. The van der Waals surface area contributed by atoms with E-state index < -0.39 is 0 Å². The first-order valence-electron chi connectivity index (χ1n) is 3.59. The molecule has 0 fully saturated rings. The molecule has 3 heteroatoms. The first kappa shape index (κ1) is 9.42. The minimum atomic E-state index is 0.159. The van der Waals surface area contributed by atoms with Gasteiger partial charge in [0, 0.05) is 4.47 Å². The van der Waals surface area contributed by atoms with E-state index in [-0.39, 0.29) is 6.61 Å². The highest BCUT2D eigenvalue weighted by atomic mass is 79.9. The van der Waals surface area contributed by atoms with Crippen LogP contribution < -0.4 is 0 Å². The number of hydrogen-bond acceptors (Lipinski definition) is 2. The summed E-state index contributed by atoms with van der Waals surface area (Å²) in [6.45, 7) is 0.644. The summed E-state index contributed by atoms with van der Waals surface area (Å²) in [7, 11) is 0. The van der Waals surface area contributed by atoms with Gasteiger partial charge >= 0.3 is 0 Å². The molecule has 0 aliphatic rings. The predicted octanol–water partition coefficient (Wildman–Crippen LogP) is 2.16. The Morgan fingerprint density at radius 1 is 1.50 bits per heavy atom. The van der Waals surface area contributed by atoms with Crippen LogP contribution in [-0.4, -0.2) is 12.9 Å². The molecule has 0 aliphatic heterocycles. The normalized spacial score (nSPS) is 9.75. The molecule has 2 nitrogen and oxygen atoms in total. The fourth-order valence-corrected chi connectivity index (χ4v) is 1.30. The third-order valence-electron chi connectivity index (χ3n) is 1.34. The minimum Gasteiger partial charge on any atom is -0.369 e. The van der Waals surface area contributed by atoms with Crippen molar-refractivity contribution in [3.63, 3.8) is 0 Å². The van der Waals surface area contributed by atoms with Gasteiger partial charge in [-0.25, -0.2) is 0 Å². The summed E-state index contributed by atoms with van der Waals surface area (Å²) in [5.74, 6) is 0. The average Bonchev–Trinajstić information content (AvgIpc) is 2.05. The minimum absolute atomic E-state index is 0.159. The van der Waals surface area contributed by atoms with Crippen molar-refractivity contribution >= 4 is 22.2 Å². The standard InChI is InChI=1S/C9H9BrO2/c10-9-3-1-2-8(6-9)7-12-5-4-11/h1-4,6H,5,7H2. The Hall–Kier alpha value is -0.670. The second-order valence-corrected chi connectivity index (χ2v) is 3.23. The molecule has 0 saturated heterocycles. The molecule has 0 spiro atoms. The fourth-order valence-electron chi connectivity index (χ4n) is 0.852. The molecule has 12 heavy (non-hydrogen) atoms. The molecule has 0 saturated carbocycles. The maximum absolute atomic E-state index is 9.93. The monoisotopic (exact) mass is 228 g/mol. The van der Waals surface area contributed by atoms with Gasteiger partial charge in [0.15, 0.2) is 0 Å². The highest BCUT2D eigenvalue weighted by Gasteiger charge is 1.92. The molecule has 0 atom stereocenters. The number of hydrogen-bond donors (Lipinski definition) is 0. The molecule has 0 heterocycles. The summed E-state index contributed by atoms with van der Waals surface area (Å²) in [5.41, 5.74) is 1.06. The van der Waals surface area contributed by atoms with Gasteiger partial charge in [-0.1, -0.05) is 28.1 Å². The Labute approximate surface area is 79.7 Å². The molecule has 0 aromatic heterocycles. The van der Waals surface area contributed by atoms with Crippen molar-refractivity contribution in [1.29, 1.82) is 0 Å². The molecule has 1 rings (SSSR count). The van der Waals surface area contributed by atoms with E-state index in [2.05, 4.69) is 15.9 Å². The van der Waals surface area contributed by atoms with E-state index in [1.807, 2.05) is 24.3 Å². The van der Waals surface area contributed by atoms with E-state index in [1.54, 1.807) is 0 Å². The summed E-state index contributed by atoms with van der Waals surface area (Å²) in [6.07, 6.45) is 0.748. The zero-order valence-corrected chi connectivity index (χ0v) is 8.08. The number of carbonyl (C=O) groups is 1. The molecular weight excluding hydrogens is 220 g/mol. The summed E-state index contributed by atoms with van der Waals surface area (Å²) in [6, 6.07) is 7.80. The summed E-state index contributed by atoms with van der Waals surface area (Å²) < 4.78 is 6.06. The van der Waals surface area contributed by atoms with Gasteiger partial charge in [-0.15, -0.1) is 0 Å². The molecule has 0 bridgehead atoms. The molecular formula is C9H9BrO2. The van der Waals surface area contributed by atoms with Gasteiger partial charge in [0.05, 0.1) is 6.61 Å². The van der Waals surface area contributed by atoms with Gasteiger partial charge in [-0.2, -0.15) is 0 Å². The van der Waals surface area contributed by atoms with Crippen molar-refractivity contribution in [2.45, 2.75) is 6.61 Å². The van der Waals surface area contributed by atoms with Crippen molar-refractivity contribution in [2.75, 3.05) is 6.61 Å². The lowest BCUT2D eigenvalue weighted by atomic mass is 10.2. The quantitative estimate of drug-likeness (QED) is 0.584. The van der Waals surface area contributed by atoms with Crippen molar-refractivity contribution < 1.29 is 9.53 Å². The van der Waals surface area contributed by atoms with Crippen LogP contribution in [0.25, 0.3) is 0 Å². The maximum atomic E-state index is 9.93. The van der Waals surface area contributed by atoms with Crippen LogP contribution in [0, 0.1) is 0 Å². The highest BCUT2D eigenvalue weighted by molar-refractivity contribution is 9.10. The third kappa shape index (κ3) is 3.15. The molecule has 0 amide bonds. The summed E-state index contributed by atoms with van der Waals surface area (Å²) in [5, 5.41) is 0. The van der Waals surface area contributed by atoms with Crippen LogP contribution in [0.3, 0.4) is 0 Å². The second-order valence-electron chi connectivity index (χ2n) is 2.31. The Kier molecular flexibility index (Phi) is 3.97. The molecule has 0 aliphatic carbocycles. The van der Waals surface area contributed by atoms with Crippen LogP contribution in [-0.2, 0) is 16.1 Å². The molecule has 64 valence electrons. The average molecular weight is 229 g/mol. The SMILES string of the molecule is O=CCOCc1cccc(Br)c1. The van der Waals surface area contributed by atoms with E-state index in [1.165, 1.54) is 0 Å². The largest absolute Gasteiger partial charge is 0.369 e. The smallest absolute Gasteiger partial charge is 0.145 e. The van der Waals surface area contributed by atoms with Crippen LogP contribution >= 0.6 is 15.9 Å². The Morgan fingerprint density at radius 2 is 2.33 bits per heavy atom. The Balaban J connectivity index is 2.46. The number of benzene rings is 1. The fraction of sp³-hybridized carbons (Fsp3) is 0.222. The van der Waals surface area contributed by atoms with Crippen molar-refractivity contribution in [3.8, 4) is 0 Å². The first-order chi connectivity index (χ1) is 5.83. The van der Waals surface area contributed by atoms with E-state index in [4.69, 9.17) is 4.74 Å². The van der Waals surface area contributed by atoms with Gasteiger partial charge in [-0.3, -0.25) is 0 Å². The van der Waals surface area contributed by atoms with E-state index in [9.17, 15) is 4.79 Å². The van der Waals surface area contributed by atoms with Gasteiger partial charge in [0.1, 0.15) is 12.9 Å². The van der Waals surface area contributed by atoms with Gasteiger partial charge in [-0.05, 0) is 17.7 Å². The van der Waals surface area contributed by atoms with E-state index >= 15 is 0 Å². The van der Waals surface area contributed by atoms with E-state index in [0.717, 1.165) is 16.3 Å². The molecule has 0 N–H and O–H groups in total. The van der Waals surface area contributed by atoms with Crippen LogP contribution in [0.2, 0.25) is 0 Å². The second kappa shape index (κ2) is 5.06. The van der Waals surface area contributed by atoms with E-state index in [0.29, 0.717) is 6.61 Å². The molecule has 1 aromatic carbocycles.